The van der Waals surface area contributed by atoms with Crippen LogP contribution in [-0.4, -0.2) is 41.1 Å². The third-order valence-corrected chi connectivity index (χ3v) is 4.90. The molecule has 0 saturated carbocycles. The standard InChI is InChI=1S/C25H30N2O/c28-19-18-26(20-23-10-4-1-5-11-23)16-17-27(21-24-12-6-2-7-13-24)22-25-14-8-3-9-15-25/h1-15,28H,16-22H2. The Morgan fingerprint density at radius 1 is 0.464 bits per heavy atom. The van der Waals surface area contributed by atoms with Crippen LogP contribution in [0.3, 0.4) is 0 Å². The minimum atomic E-state index is 0.185. The van der Waals surface area contributed by atoms with Crippen LogP contribution >= 0.6 is 0 Å². The molecule has 0 spiro atoms. The van der Waals surface area contributed by atoms with E-state index in [-0.39, 0.29) is 6.61 Å². The lowest BCUT2D eigenvalue weighted by Gasteiger charge is -2.28. The summed E-state index contributed by atoms with van der Waals surface area (Å²) in [6, 6.07) is 31.8. The average Bonchev–Trinajstić information content (AvgIpc) is 2.74. The molecule has 3 nitrogen and oxygen atoms in total. The Kier molecular flexibility index (Phi) is 8.26. The maximum atomic E-state index is 9.50. The predicted molar refractivity (Wildman–Crippen MR) is 116 cm³/mol. The fraction of sp³-hybridized carbons (Fsp3) is 0.280. The molecule has 146 valence electrons. The molecule has 0 aliphatic carbocycles. The van der Waals surface area contributed by atoms with Gasteiger partial charge in [0, 0.05) is 39.3 Å². The van der Waals surface area contributed by atoms with Gasteiger partial charge < -0.3 is 5.11 Å². The maximum absolute atomic E-state index is 9.50. The highest BCUT2D eigenvalue weighted by molar-refractivity contribution is 5.17. The summed E-state index contributed by atoms with van der Waals surface area (Å²) in [5.41, 5.74) is 3.94. The predicted octanol–water partition coefficient (Wildman–Crippen LogP) is 4.18. The number of hydrogen-bond donors (Lipinski definition) is 1. The summed E-state index contributed by atoms with van der Waals surface area (Å²) in [4.78, 5) is 4.82. The lowest BCUT2D eigenvalue weighted by Crippen LogP contribution is -2.36. The molecule has 0 amide bonds. The summed E-state index contributed by atoms with van der Waals surface area (Å²) in [5.74, 6) is 0. The maximum Gasteiger partial charge on any atom is 0.0558 e. The van der Waals surface area contributed by atoms with E-state index in [4.69, 9.17) is 0 Å². The second-order valence-corrected chi connectivity index (χ2v) is 7.17. The minimum absolute atomic E-state index is 0.185. The van der Waals surface area contributed by atoms with Crippen molar-refractivity contribution in [2.24, 2.45) is 0 Å². The molecule has 0 aliphatic heterocycles. The third-order valence-electron chi connectivity index (χ3n) is 4.90. The zero-order valence-corrected chi connectivity index (χ0v) is 16.5. The van der Waals surface area contributed by atoms with E-state index in [0.29, 0.717) is 6.54 Å². The molecule has 3 aromatic carbocycles. The minimum Gasteiger partial charge on any atom is -0.395 e. The molecule has 0 aliphatic rings. The highest BCUT2D eigenvalue weighted by atomic mass is 16.3. The molecule has 28 heavy (non-hydrogen) atoms. The van der Waals surface area contributed by atoms with Gasteiger partial charge in [-0.25, -0.2) is 0 Å². The van der Waals surface area contributed by atoms with Crippen molar-refractivity contribution in [3.63, 3.8) is 0 Å². The lowest BCUT2D eigenvalue weighted by atomic mass is 10.1. The van der Waals surface area contributed by atoms with E-state index >= 15 is 0 Å². The van der Waals surface area contributed by atoms with E-state index in [0.717, 1.165) is 32.7 Å². The smallest absolute Gasteiger partial charge is 0.0558 e. The molecule has 3 heteroatoms. The number of hydrogen-bond acceptors (Lipinski definition) is 3. The van der Waals surface area contributed by atoms with Gasteiger partial charge in [0.2, 0.25) is 0 Å². The number of aliphatic hydroxyl groups is 1. The molecule has 0 aromatic heterocycles. The Labute approximate surface area is 168 Å². The van der Waals surface area contributed by atoms with Crippen molar-refractivity contribution in [1.29, 1.82) is 0 Å². The summed E-state index contributed by atoms with van der Waals surface area (Å²) in [7, 11) is 0. The van der Waals surface area contributed by atoms with Gasteiger partial charge in [0.25, 0.3) is 0 Å². The number of rotatable bonds is 11. The van der Waals surface area contributed by atoms with Crippen LogP contribution in [-0.2, 0) is 19.6 Å². The van der Waals surface area contributed by atoms with E-state index in [1.54, 1.807) is 0 Å². The Bertz CT molecular complexity index is 736. The fourth-order valence-corrected chi connectivity index (χ4v) is 3.43. The number of aliphatic hydroxyl groups excluding tert-OH is 1. The highest BCUT2D eigenvalue weighted by Gasteiger charge is 2.11. The molecule has 0 unspecified atom stereocenters. The molecule has 0 fully saturated rings. The SMILES string of the molecule is OCCN(CCN(Cc1ccccc1)Cc1ccccc1)Cc1ccccc1. The van der Waals surface area contributed by atoms with Crippen LogP contribution in [0.1, 0.15) is 16.7 Å². The van der Waals surface area contributed by atoms with Crippen molar-refractivity contribution in [3.05, 3.63) is 108 Å². The van der Waals surface area contributed by atoms with Crippen molar-refractivity contribution in [1.82, 2.24) is 9.80 Å². The van der Waals surface area contributed by atoms with Crippen LogP contribution in [0.5, 0.6) is 0 Å². The molecule has 1 N–H and O–H groups in total. The molecular weight excluding hydrogens is 344 g/mol. The van der Waals surface area contributed by atoms with Gasteiger partial charge in [0.1, 0.15) is 0 Å². The van der Waals surface area contributed by atoms with Crippen LogP contribution in [0.25, 0.3) is 0 Å². The van der Waals surface area contributed by atoms with Gasteiger partial charge in [-0.15, -0.1) is 0 Å². The zero-order chi connectivity index (χ0) is 19.4. The van der Waals surface area contributed by atoms with Crippen LogP contribution < -0.4 is 0 Å². The summed E-state index contributed by atoms with van der Waals surface area (Å²) >= 11 is 0. The quantitative estimate of drug-likeness (QED) is 0.545. The van der Waals surface area contributed by atoms with E-state index < -0.39 is 0 Å². The van der Waals surface area contributed by atoms with E-state index in [2.05, 4.69) is 94.7 Å². The number of benzene rings is 3. The van der Waals surface area contributed by atoms with Gasteiger partial charge in [-0.1, -0.05) is 91.0 Å². The van der Waals surface area contributed by atoms with E-state index in [9.17, 15) is 5.11 Å². The van der Waals surface area contributed by atoms with Gasteiger partial charge in [-0.2, -0.15) is 0 Å². The Morgan fingerprint density at radius 2 is 0.821 bits per heavy atom. The first-order valence-corrected chi connectivity index (χ1v) is 10.0. The summed E-state index contributed by atoms with van der Waals surface area (Å²) in [6.45, 7) is 5.48. The van der Waals surface area contributed by atoms with Gasteiger partial charge in [0.05, 0.1) is 6.61 Å². The Hall–Kier alpha value is -2.46. The normalized spacial score (nSPS) is 11.2. The topological polar surface area (TPSA) is 26.7 Å². The highest BCUT2D eigenvalue weighted by Crippen LogP contribution is 2.11. The summed E-state index contributed by atoms with van der Waals surface area (Å²) < 4.78 is 0. The van der Waals surface area contributed by atoms with Gasteiger partial charge in [-0.3, -0.25) is 9.80 Å². The first-order valence-electron chi connectivity index (χ1n) is 10.0. The third kappa shape index (κ3) is 6.93. The second kappa shape index (κ2) is 11.4. The first-order chi connectivity index (χ1) is 13.8. The van der Waals surface area contributed by atoms with Crippen molar-refractivity contribution in [2.45, 2.75) is 19.6 Å². The Balaban J connectivity index is 1.64. The van der Waals surface area contributed by atoms with Gasteiger partial charge in [-0.05, 0) is 16.7 Å². The van der Waals surface area contributed by atoms with Crippen LogP contribution in [0.4, 0.5) is 0 Å². The largest absolute Gasteiger partial charge is 0.395 e. The molecule has 0 bridgehead atoms. The Morgan fingerprint density at radius 3 is 1.21 bits per heavy atom. The van der Waals surface area contributed by atoms with Crippen LogP contribution in [0, 0.1) is 0 Å². The first kappa shape index (κ1) is 20.3. The molecule has 3 aromatic rings. The van der Waals surface area contributed by atoms with E-state index in [1.165, 1.54) is 16.7 Å². The van der Waals surface area contributed by atoms with Crippen molar-refractivity contribution in [2.75, 3.05) is 26.2 Å². The second-order valence-electron chi connectivity index (χ2n) is 7.17. The van der Waals surface area contributed by atoms with Gasteiger partial charge in [0.15, 0.2) is 0 Å². The average molecular weight is 375 g/mol. The molecule has 0 radical (unpaired) electrons. The van der Waals surface area contributed by atoms with E-state index in [1.807, 2.05) is 6.07 Å². The van der Waals surface area contributed by atoms with Crippen LogP contribution in [0.15, 0.2) is 91.0 Å². The summed E-state index contributed by atoms with van der Waals surface area (Å²) in [6.07, 6.45) is 0. The monoisotopic (exact) mass is 374 g/mol. The zero-order valence-electron chi connectivity index (χ0n) is 16.5. The molecule has 0 heterocycles. The molecular formula is C25H30N2O. The number of nitrogens with zero attached hydrogens (tertiary/aromatic N) is 2. The van der Waals surface area contributed by atoms with Crippen molar-refractivity contribution >= 4 is 0 Å². The molecule has 3 rings (SSSR count). The molecule has 0 atom stereocenters. The fourth-order valence-electron chi connectivity index (χ4n) is 3.43. The summed E-state index contributed by atoms with van der Waals surface area (Å²) in [5, 5.41) is 9.50. The molecule has 0 saturated heterocycles. The van der Waals surface area contributed by atoms with Crippen molar-refractivity contribution in [3.8, 4) is 0 Å². The van der Waals surface area contributed by atoms with Crippen LogP contribution in [0.2, 0.25) is 0 Å². The van der Waals surface area contributed by atoms with Gasteiger partial charge >= 0.3 is 0 Å². The van der Waals surface area contributed by atoms with Crippen molar-refractivity contribution < 1.29 is 5.11 Å². The lowest BCUT2D eigenvalue weighted by molar-refractivity contribution is 0.157.